The fourth-order valence-electron chi connectivity index (χ4n) is 1.77. The van der Waals surface area contributed by atoms with Gasteiger partial charge in [-0.3, -0.25) is 0 Å². The Bertz CT molecular complexity index is 543. The Hall–Kier alpha value is -1.47. The first-order valence-corrected chi connectivity index (χ1v) is 7.14. The number of nitrogens with zero attached hydrogens (tertiary/aromatic N) is 4. The second kappa shape index (κ2) is 6.63. The Morgan fingerprint density at radius 2 is 2.26 bits per heavy atom. The first-order valence-electron chi connectivity index (χ1n) is 6.15. The molecule has 2 rings (SSSR count). The predicted octanol–water partition coefficient (Wildman–Crippen LogP) is 1.94. The third-order valence-corrected chi connectivity index (χ3v) is 3.54. The highest BCUT2D eigenvalue weighted by atomic mass is 32.2. The van der Waals surface area contributed by atoms with Crippen molar-refractivity contribution in [1.29, 1.82) is 0 Å². The molecule has 0 aliphatic carbocycles. The van der Waals surface area contributed by atoms with Crippen molar-refractivity contribution < 1.29 is 4.39 Å². The van der Waals surface area contributed by atoms with Gasteiger partial charge in [0.1, 0.15) is 5.82 Å². The summed E-state index contributed by atoms with van der Waals surface area (Å²) in [6, 6.07) is 5.01. The fourth-order valence-corrected chi connectivity index (χ4v) is 2.59. The summed E-state index contributed by atoms with van der Waals surface area (Å²) < 4.78 is 15.7. The highest BCUT2D eigenvalue weighted by Crippen LogP contribution is 2.32. The molecular formula is C12H16FN5S. The molecule has 2 aromatic rings. The molecule has 19 heavy (non-hydrogen) atoms. The van der Waals surface area contributed by atoms with E-state index in [0.717, 1.165) is 17.1 Å². The zero-order chi connectivity index (χ0) is 13.7. The van der Waals surface area contributed by atoms with Crippen LogP contribution in [0.25, 0.3) is 11.4 Å². The molecule has 0 saturated heterocycles. The Kier molecular flexibility index (Phi) is 4.86. The monoisotopic (exact) mass is 281 g/mol. The van der Waals surface area contributed by atoms with Gasteiger partial charge in [-0.15, -0.1) is 16.9 Å². The van der Waals surface area contributed by atoms with Crippen molar-refractivity contribution in [2.75, 3.05) is 12.3 Å². The van der Waals surface area contributed by atoms with Crippen molar-refractivity contribution in [2.45, 2.75) is 24.8 Å². The van der Waals surface area contributed by atoms with Crippen LogP contribution in [0.2, 0.25) is 0 Å². The number of tetrazole rings is 1. The van der Waals surface area contributed by atoms with E-state index in [1.165, 1.54) is 6.07 Å². The second-order valence-electron chi connectivity index (χ2n) is 3.91. The van der Waals surface area contributed by atoms with Crippen molar-refractivity contribution >= 4 is 11.8 Å². The number of aryl methyl sites for hydroxylation is 1. The van der Waals surface area contributed by atoms with Gasteiger partial charge in [0.15, 0.2) is 5.82 Å². The molecule has 1 aromatic carbocycles. The molecule has 0 aliphatic heterocycles. The normalized spacial score (nSPS) is 10.9. The van der Waals surface area contributed by atoms with Gasteiger partial charge in [-0.1, -0.05) is 13.0 Å². The number of hydrogen-bond acceptors (Lipinski definition) is 5. The molecular weight excluding hydrogens is 265 g/mol. The number of benzene rings is 1. The van der Waals surface area contributed by atoms with Gasteiger partial charge in [-0.25, -0.2) is 9.07 Å². The molecule has 0 radical (unpaired) electrons. The van der Waals surface area contributed by atoms with Crippen LogP contribution in [0.1, 0.15) is 13.3 Å². The quantitative estimate of drug-likeness (QED) is 0.819. The molecule has 0 fully saturated rings. The molecule has 5 nitrogen and oxygen atoms in total. The first kappa shape index (κ1) is 14.0. The van der Waals surface area contributed by atoms with Crippen molar-refractivity contribution in [1.82, 2.24) is 20.2 Å². The number of nitrogens with two attached hydrogens (primary N) is 1. The summed E-state index contributed by atoms with van der Waals surface area (Å²) in [4.78, 5) is 0.853. The van der Waals surface area contributed by atoms with E-state index in [-0.39, 0.29) is 5.82 Å². The summed E-state index contributed by atoms with van der Waals surface area (Å²) in [7, 11) is 0. The first-order chi connectivity index (χ1) is 9.27. The zero-order valence-corrected chi connectivity index (χ0v) is 11.5. The third-order valence-electron chi connectivity index (χ3n) is 2.60. The van der Waals surface area contributed by atoms with Crippen molar-refractivity contribution in [3.63, 3.8) is 0 Å². The lowest BCUT2D eigenvalue weighted by Gasteiger charge is -2.09. The van der Waals surface area contributed by atoms with Crippen LogP contribution in [-0.2, 0) is 6.54 Å². The van der Waals surface area contributed by atoms with Crippen LogP contribution in [-0.4, -0.2) is 32.5 Å². The van der Waals surface area contributed by atoms with Crippen molar-refractivity contribution in [2.24, 2.45) is 5.73 Å². The molecule has 0 unspecified atom stereocenters. The predicted molar refractivity (Wildman–Crippen MR) is 73.3 cm³/mol. The molecule has 0 spiro atoms. The lowest BCUT2D eigenvalue weighted by molar-refractivity contribution is 0.564. The van der Waals surface area contributed by atoms with Gasteiger partial charge < -0.3 is 5.73 Å². The van der Waals surface area contributed by atoms with Crippen molar-refractivity contribution in [3.05, 3.63) is 24.0 Å². The maximum atomic E-state index is 14.1. The topological polar surface area (TPSA) is 69.6 Å². The Morgan fingerprint density at radius 1 is 1.42 bits per heavy atom. The van der Waals surface area contributed by atoms with E-state index in [0.29, 0.717) is 24.5 Å². The Morgan fingerprint density at radius 3 is 3.00 bits per heavy atom. The highest BCUT2D eigenvalue weighted by Gasteiger charge is 2.17. The minimum absolute atomic E-state index is 0.303. The maximum absolute atomic E-state index is 14.1. The van der Waals surface area contributed by atoms with Crippen LogP contribution in [0, 0.1) is 5.82 Å². The summed E-state index contributed by atoms with van der Waals surface area (Å²) in [5.74, 6) is 1.02. The smallest absolute Gasteiger partial charge is 0.186 e. The van der Waals surface area contributed by atoms with Crippen LogP contribution in [0.3, 0.4) is 0 Å². The van der Waals surface area contributed by atoms with E-state index in [1.807, 2.05) is 13.0 Å². The summed E-state index contributed by atoms with van der Waals surface area (Å²) in [6.45, 7) is 3.16. The van der Waals surface area contributed by atoms with Crippen molar-refractivity contribution in [3.8, 4) is 11.4 Å². The summed E-state index contributed by atoms with van der Waals surface area (Å²) in [5, 5.41) is 11.5. The van der Waals surface area contributed by atoms with E-state index in [2.05, 4.69) is 15.5 Å². The number of hydrogen-bond donors (Lipinski definition) is 1. The number of thioether (sulfide) groups is 1. The zero-order valence-electron chi connectivity index (χ0n) is 10.7. The van der Waals surface area contributed by atoms with Crippen LogP contribution in [0.15, 0.2) is 23.1 Å². The van der Waals surface area contributed by atoms with E-state index in [1.54, 1.807) is 22.5 Å². The van der Waals surface area contributed by atoms with E-state index < -0.39 is 0 Å². The largest absolute Gasteiger partial charge is 0.330 e. The van der Waals surface area contributed by atoms with Gasteiger partial charge in [0.2, 0.25) is 0 Å². The van der Waals surface area contributed by atoms with Crippen LogP contribution in [0.5, 0.6) is 0 Å². The Balaban J connectivity index is 2.43. The van der Waals surface area contributed by atoms with Crippen LogP contribution < -0.4 is 5.73 Å². The minimum Gasteiger partial charge on any atom is -0.330 e. The number of halogens is 1. The molecule has 7 heteroatoms. The molecule has 2 N–H and O–H groups in total. The minimum atomic E-state index is -0.303. The second-order valence-corrected chi connectivity index (χ2v) is 5.22. The molecule has 0 bridgehead atoms. The number of aromatic nitrogens is 4. The van der Waals surface area contributed by atoms with Crippen LogP contribution in [0.4, 0.5) is 4.39 Å². The van der Waals surface area contributed by atoms with Gasteiger partial charge in [-0.2, -0.15) is 0 Å². The molecule has 0 aliphatic rings. The van der Waals surface area contributed by atoms with E-state index in [4.69, 9.17) is 5.73 Å². The standard InChI is InChI=1S/C12H16FN5S/c1-2-19-10-6-3-5-9(13)11(10)12-15-16-17-18(12)8-4-7-14/h3,5-6H,2,4,7-8,14H2,1H3. The Labute approximate surface area is 115 Å². The summed E-state index contributed by atoms with van der Waals surface area (Å²) in [5.41, 5.74) is 5.95. The molecule has 0 amide bonds. The lowest BCUT2D eigenvalue weighted by Crippen LogP contribution is -2.09. The van der Waals surface area contributed by atoms with Crippen LogP contribution >= 0.6 is 11.8 Å². The third kappa shape index (κ3) is 3.10. The fraction of sp³-hybridized carbons (Fsp3) is 0.417. The summed E-state index contributed by atoms with van der Waals surface area (Å²) in [6.07, 6.45) is 0.753. The van der Waals surface area contributed by atoms with Gasteiger partial charge in [0, 0.05) is 11.4 Å². The van der Waals surface area contributed by atoms with Gasteiger partial charge in [0.05, 0.1) is 5.56 Å². The molecule has 1 aromatic heterocycles. The van der Waals surface area contributed by atoms with Gasteiger partial charge in [0.25, 0.3) is 0 Å². The van der Waals surface area contributed by atoms with E-state index in [9.17, 15) is 4.39 Å². The molecule has 102 valence electrons. The number of rotatable bonds is 6. The average Bonchev–Trinajstić information content (AvgIpc) is 2.85. The summed E-state index contributed by atoms with van der Waals surface area (Å²) >= 11 is 1.57. The SMILES string of the molecule is CCSc1cccc(F)c1-c1nnnn1CCCN. The molecule has 0 saturated carbocycles. The molecule has 1 heterocycles. The average molecular weight is 281 g/mol. The van der Waals surface area contributed by atoms with Gasteiger partial charge >= 0.3 is 0 Å². The van der Waals surface area contributed by atoms with E-state index >= 15 is 0 Å². The van der Waals surface area contributed by atoms with Gasteiger partial charge in [-0.05, 0) is 41.3 Å². The molecule has 0 atom stereocenters. The maximum Gasteiger partial charge on any atom is 0.186 e. The lowest BCUT2D eigenvalue weighted by atomic mass is 10.2. The highest BCUT2D eigenvalue weighted by molar-refractivity contribution is 7.99.